The summed E-state index contributed by atoms with van der Waals surface area (Å²) >= 11 is 0. The molecule has 0 amide bonds. The third kappa shape index (κ3) is 4.57. The van der Waals surface area contributed by atoms with Gasteiger partial charge in [0.1, 0.15) is 5.75 Å². The number of methoxy groups -OCH3 is 1. The lowest BCUT2D eigenvalue weighted by molar-refractivity contribution is -0.385. The van der Waals surface area contributed by atoms with Crippen LogP contribution in [0.3, 0.4) is 0 Å². The van der Waals surface area contributed by atoms with E-state index in [9.17, 15) is 14.5 Å². The summed E-state index contributed by atoms with van der Waals surface area (Å²) in [5.41, 5.74) is 0.249. The Labute approximate surface area is 184 Å². The number of piperidine rings is 1. The van der Waals surface area contributed by atoms with Crippen LogP contribution < -0.4 is 19.5 Å². The third-order valence-corrected chi connectivity index (χ3v) is 5.69. The molecule has 4 rings (SSSR count). The molecule has 8 nitrogen and oxygen atoms in total. The van der Waals surface area contributed by atoms with Gasteiger partial charge in [0.25, 0.3) is 5.69 Å². The molecule has 2 aromatic carbocycles. The van der Waals surface area contributed by atoms with Gasteiger partial charge in [-0.25, -0.2) is 4.39 Å². The Morgan fingerprint density at radius 1 is 1.12 bits per heavy atom. The summed E-state index contributed by atoms with van der Waals surface area (Å²) in [7, 11) is 1.55. The normalized spacial score (nSPS) is 15.3. The second kappa shape index (κ2) is 9.35. The van der Waals surface area contributed by atoms with Crippen LogP contribution in [0.15, 0.2) is 42.6 Å². The van der Waals surface area contributed by atoms with Gasteiger partial charge in [0.2, 0.25) is 0 Å². The van der Waals surface area contributed by atoms with Gasteiger partial charge in [-0.15, -0.1) is 0 Å². The van der Waals surface area contributed by atoms with E-state index in [-0.39, 0.29) is 17.5 Å². The van der Waals surface area contributed by atoms with E-state index in [0.29, 0.717) is 34.1 Å². The number of nitro groups is 1. The molecule has 0 spiro atoms. The topological polar surface area (TPSA) is 95.8 Å². The van der Waals surface area contributed by atoms with Gasteiger partial charge in [-0.1, -0.05) is 0 Å². The van der Waals surface area contributed by atoms with Crippen molar-refractivity contribution in [3.63, 3.8) is 0 Å². The molecule has 1 fully saturated rings. The van der Waals surface area contributed by atoms with Crippen molar-refractivity contribution in [2.45, 2.75) is 25.9 Å². The van der Waals surface area contributed by atoms with Crippen LogP contribution in [0.4, 0.5) is 10.1 Å². The number of hydrogen-bond donors (Lipinski definition) is 1. The lowest BCUT2D eigenvalue weighted by Crippen LogP contribution is -2.35. The van der Waals surface area contributed by atoms with E-state index in [1.807, 2.05) is 0 Å². The fourth-order valence-electron chi connectivity index (χ4n) is 3.88. The molecular weight excluding hydrogens is 417 g/mol. The van der Waals surface area contributed by atoms with Gasteiger partial charge < -0.3 is 19.5 Å². The molecule has 0 saturated carbocycles. The van der Waals surface area contributed by atoms with Crippen LogP contribution in [0.1, 0.15) is 19.8 Å². The Balaban J connectivity index is 1.63. The molecule has 0 aliphatic carbocycles. The largest absolute Gasteiger partial charge is 0.493 e. The zero-order valence-corrected chi connectivity index (χ0v) is 17.8. The maximum Gasteiger partial charge on any atom is 0.272 e. The second-order valence-corrected chi connectivity index (χ2v) is 7.71. The van der Waals surface area contributed by atoms with Crippen molar-refractivity contribution in [2.24, 2.45) is 5.92 Å². The molecule has 1 aliphatic rings. The van der Waals surface area contributed by atoms with Crippen molar-refractivity contribution in [3.05, 3.63) is 58.5 Å². The zero-order chi connectivity index (χ0) is 22.7. The van der Waals surface area contributed by atoms with Gasteiger partial charge >= 0.3 is 0 Å². The quantitative estimate of drug-likeness (QED) is 0.414. The first-order chi connectivity index (χ1) is 15.5. The van der Waals surface area contributed by atoms with Crippen LogP contribution in [0, 0.1) is 21.8 Å². The Morgan fingerprint density at radius 3 is 2.59 bits per heavy atom. The Morgan fingerprint density at radius 2 is 1.91 bits per heavy atom. The van der Waals surface area contributed by atoms with Gasteiger partial charge in [0.15, 0.2) is 23.1 Å². The smallest absolute Gasteiger partial charge is 0.272 e. The van der Waals surface area contributed by atoms with Crippen LogP contribution in [0.2, 0.25) is 0 Å². The summed E-state index contributed by atoms with van der Waals surface area (Å²) in [5.74, 6) is 0.940. The van der Waals surface area contributed by atoms with Gasteiger partial charge in [0, 0.05) is 23.7 Å². The van der Waals surface area contributed by atoms with Crippen molar-refractivity contribution in [1.29, 1.82) is 0 Å². The van der Waals surface area contributed by atoms with Gasteiger partial charge in [-0.05, 0) is 57.0 Å². The number of nitro benzene ring substituents is 1. The minimum atomic E-state index is -0.827. The maximum atomic E-state index is 14.3. The van der Waals surface area contributed by atoms with E-state index in [1.165, 1.54) is 12.1 Å². The highest BCUT2D eigenvalue weighted by atomic mass is 19.1. The van der Waals surface area contributed by atoms with E-state index >= 15 is 0 Å². The summed E-state index contributed by atoms with van der Waals surface area (Å²) in [5, 5.41) is 14.8. The van der Waals surface area contributed by atoms with Crippen LogP contribution in [-0.2, 0) is 0 Å². The van der Waals surface area contributed by atoms with E-state index in [0.717, 1.165) is 32.0 Å². The average Bonchev–Trinajstić information content (AvgIpc) is 2.80. The summed E-state index contributed by atoms with van der Waals surface area (Å²) < 4.78 is 31.8. The Kier molecular flexibility index (Phi) is 6.36. The SMILES string of the molecule is COc1cc2c(Oc3ccc([N+](=O)[O-])cc3F)ccnc2cc1OC(C)C1CCNCC1. The molecule has 32 heavy (non-hydrogen) atoms. The van der Waals surface area contributed by atoms with Crippen LogP contribution >= 0.6 is 0 Å². The maximum absolute atomic E-state index is 14.3. The van der Waals surface area contributed by atoms with Gasteiger partial charge in [0.05, 0.1) is 29.7 Å². The molecule has 1 aliphatic heterocycles. The number of benzene rings is 2. The van der Waals surface area contributed by atoms with E-state index in [2.05, 4.69) is 17.2 Å². The minimum absolute atomic E-state index is 0.0112. The molecule has 3 aromatic rings. The highest BCUT2D eigenvalue weighted by Crippen LogP contribution is 2.39. The van der Waals surface area contributed by atoms with Crippen LogP contribution in [0.5, 0.6) is 23.0 Å². The summed E-state index contributed by atoms with van der Waals surface area (Å²) in [4.78, 5) is 14.6. The van der Waals surface area contributed by atoms with E-state index in [1.54, 1.807) is 31.5 Å². The van der Waals surface area contributed by atoms with Crippen LogP contribution in [0.25, 0.3) is 10.9 Å². The Hall–Kier alpha value is -3.46. The number of nitrogens with one attached hydrogen (secondary N) is 1. The van der Waals surface area contributed by atoms with Gasteiger partial charge in [-0.2, -0.15) is 0 Å². The molecular formula is C23H24FN3O5. The average molecular weight is 441 g/mol. The standard InChI is InChI=1S/C23H24FN3O5/c1-14(15-5-8-25-9-6-15)31-23-13-19-17(12-22(23)30-2)20(7-10-26-19)32-21-4-3-16(27(28)29)11-18(21)24/h3-4,7,10-15,25H,5-6,8-9H2,1-2H3. The minimum Gasteiger partial charge on any atom is -0.493 e. The molecule has 168 valence electrons. The van der Waals surface area contributed by atoms with Crippen molar-refractivity contribution < 1.29 is 23.5 Å². The van der Waals surface area contributed by atoms with E-state index < -0.39 is 10.7 Å². The fraction of sp³-hybridized carbons (Fsp3) is 0.348. The molecule has 1 atom stereocenters. The summed E-state index contributed by atoms with van der Waals surface area (Å²) in [6.07, 6.45) is 3.66. The predicted molar refractivity (Wildman–Crippen MR) is 117 cm³/mol. The molecule has 2 heterocycles. The van der Waals surface area contributed by atoms with Crippen LogP contribution in [-0.4, -0.2) is 36.2 Å². The third-order valence-electron chi connectivity index (χ3n) is 5.69. The van der Waals surface area contributed by atoms with Crippen molar-refractivity contribution in [2.75, 3.05) is 20.2 Å². The lowest BCUT2D eigenvalue weighted by Gasteiger charge is -2.29. The number of ether oxygens (including phenoxy) is 3. The first-order valence-corrected chi connectivity index (χ1v) is 10.4. The number of nitrogens with zero attached hydrogens (tertiary/aromatic N) is 2. The zero-order valence-electron chi connectivity index (χ0n) is 17.8. The molecule has 0 bridgehead atoms. The highest BCUT2D eigenvalue weighted by Gasteiger charge is 2.23. The number of pyridine rings is 1. The molecule has 0 radical (unpaired) electrons. The summed E-state index contributed by atoms with van der Waals surface area (Å²) in [6, 6.07) is 8.37. The molecule has 1 N–H and O–H groups in total. The second-order valence-electron chi connectivity index (χ2n) is 7.71. The first-order valence-electron chi connectivity index (χ1n) is 10.4. The number of aromatic nitrogens is 1. The molecule has 1 unspecified atom stereocenters. The van der Waals surface area contributed by atoms with Crippen molar-refractivity contribution >= 4 is 16.6 Å². The van der Waals surface area contributed by atoms with Crippen molar-refractivity contribution in [1.82, 2.24) is 10.3 Å². The van der Waals surface area contributed by atoms with E-state index in [4.69, 9.17) is 14.2 Å². The number of rotatable bonds is 7. The molecule has 1 aromatic heterocycles. The predicted octanol–water partition coefficient (Wildman–Crippen LogP) is 4.85. The highest BCUT2D eigenvalue weighted by molar-refractivity contribution is 5.88. The number of non-ortho nitro benzene ring substituents is 1. The molecule has 9 heteroatoms. The Bertz CT molecular complexity index is 1130. The number of fused-ring (bicyclic) bond motifs is 1. The first kappa shape index (κ1) is 21.8. The fourth-order valence-corrected chi connectivity index (χ4v) is 3.88. The van der Waals surface area contributed by atoms with Gasteiger partial charge in [-0.3, -0.25) is 15.1 Å². The lowest BCUT2D eigenvalue weighted by atomic mass is 9.93. The van der Waals surface area contributed by atoms with Crippen molar-refractivity contribution in [3.8, 4) is 23.0 Å². The monoisotopic (exact) mass is 441 g/mol. The number of halogens is 1. The number of hydrogen-bond acceptors (Lipinski definition) is 7. The molecule has 1 saturated heterocycles. The summed E-state index contributed by atoms with van der Waals surface area (Å²) in [6.45, 7) is 4.02.